The van der Waals surface area contributed by atoms with Crippen LogP contribution >= 0.6 is 0 Å². The van der Waals surface area contributed by atoms with E-state index < -0.39 is 0 Å². The molecular weight excluding hydrogens is 188 g/mol. The van der Waals surface area contributed by atoms with Crippen LogP contribution in [0.1, 0.15) is 27.2 Å². The van der Waals surface area contributed by atoms with Gasteiger partial charge in [-0.25, -0.2) is 4.99 Å². The largest absolute Gasteiger partial charge is 0.498 e. The second-order valence-electron chi connectivity index (χ2n) is 3.30. The third kappa shape index (κ3) is 3.42. The SMILES string of the molecule is CCOC1=CC=CN=C(N(CC)CC)C1. The highest BCUT2D eigenvalue weighted by atomic mass is 16.5. The zero-order valence-corrected chi connectivity index (χ0v) is 9.86. The summed E-state index contributed by atoms with van der Waals surface area (Å²) in [6, 6.07) is 0. The molecule has 1 aliphatic heterocycles. The molecule has 0 spiro atoms. The second-order valence-corrected chi connectivity index (χ2v) is 3.30. The summed E-state index contributed by atoms with van der Waals surface area (Å²) in [4.78, 5) is 6.68. The van der Waals surface area contributed by atoms with Gasteiger partial charge in [0.1, 0.15) is 11.6 Å². The Morgan fingerprint density at radius 2 is 2.07 bits per heavy atom. The van der Waals surface area contributed by atoms with E-state index in [1.54, 1.807) is 0 Å². The van der Waals surface area contributed by atoms with Crippen molar-refractivity contribution in [1.82, 2.24) is 4.90 Å². The topological polar surface area (TPSA) is 24.8 Å². The first-order valence-electron chi connectivity index (χ1n) is 5.61. The van der Waals surface area contributed by atoms with E-state index in [9.17, 15) is 0 Å². The number of nitrogens with zero attached hydrogens (tertiary/aromatic N) is 2. The standard InChI is InChI=1S/C12H20N2O/c1-4-14(5-2)12-10-11(15-6-3)8-7-9-13-12/h7-9H,4-6,10H2,1-3H3. The van der Waals surface area contributed by atoms with Gasteiger partial charge in [-0.2, -0.15) is 0 Å². The molecular formula is C12H20N2O. The first-order valence-corrected chi connectivity index (χ1v) is 5.61. The maximum Gasteiger partial charge on any atom is 0.112 e. The third-order valence-electron chi connectivity index (χ3n) is 2.38. The summed E-state index contributed by atoms with van der Waals surface area (Å²) in [5.74, 6) is 2.09. The molecule has 0 atom stereocenters. The molecule has 1 heterocycles. The number of amidine groups is 1. The van der Waals surface area contributed by atoms with Gasteiger partial charge >= 0.3 is 0 Å². The first-order chi connectivity index (χ1) is 7.31. The van der Waals surface area contributed by atoms with Crippen molar-refractivity contribution in [2.45, 2.75) is 27.2 Å². The van der Waals surface area contributed by atoms with Gasteiger partial charge in [0, 0.05) is 19.3 Å². The van der Waals surface area contributed by atoms with E-state index in [-0.39, 0.29) is 0 Å². The molecule has 15 heavy (non-hydrogen) atoms. The molecule has 0 unspecified atom stereocenters. The summed E-state index contributed by atoms with van der Waals surface area (Å²) in [5, 5.41) is 0. The molecule has 0 aromatic heterocycles. The minimum atomic E-state index is 0.713. The van der Waals surface area contributed by atoms with Crippen LogP contribution in [0.25, 0.3) is 0 Å². The minimum Gasteiger partial charge on any atom is -0.498 e. The van der Waals surface area contributed by atoms with Crippen molar-refractivity contribution in [1.29, 1.82) is 0 Å². The second kappa shape index (κ2) is 6.27. The van der Waals surface area contributed by atoms with Crippen LogP contribution < -0.4 is 0 Å². The van der Waals surface area contributed by atoms with Crippen LogP contribution in [-0.4, -0.2) is 30.4 Å². The maximum atomic E-state index is 5.53. The van der Waals surface area contributed by atoms with Crippen LogP contribution in [0.15, 0.2) is 29.1 Å². The van der Waals surface area contributed by atoms with Gasteiger partial charge in [0.15, 0.2) is 0 Å². The molecule has 0 bridgehead atoms. The van der Waals surface area contributed by atoms with E-state index in [1.807, 2.05) is 25.3 Å². The molecule has 1 rings (SSSR count). The van der Waals surface area contributed by atoms with Crippen molar-refractivity contribution in [2.75, 3.05) is 19.7 Å². The van der Waals surface area contributed by atoms with Gasteiger partial charge in [-0.15, -0.1) is 0 Å². The Labute approximate surface area is 92.1 Å². The summed E-state index contributed by atoms with van der Waals surface area (Å²) in [6.07, 6.45) is 6.55. The lowest BCUT2D eigenvalue weighted by atomic mass is 10.3. The predicted molar refractivity (Wildman–Crippen MR) is 63.8 cm³/mol. The van der Waals surface area contributed by atoms with Crippen LogP contribution in [0.3, 0.4) is 0 Å². The number of hydrogen-bond acceptors (Lipinski definition) is 3. The van der Waals surface area contributed by atoms with E-state index in [0.717, 1.165) is 31.1 Å². The Kier molecular flexibility index (Phi) is 4.95. The normalized spacial score (nSPS) is 15.4. The Bertz CT molecular complexity index is 275. The molecule has 1 aliphatic rings. The molecule has 0 aromatic rings. The molecule has 0 aliphatic carbocycles. The summed E-state index contributed by atoms with van der Waals surface area (Å²) >= 11 is 0. The Morgan fingerprint density at radius 3 is 2.67 bits per heavy atom. The molecule has 0 fully saturated rings. The molecule has 0 N–H and O–H groups in total. The van der Waals surface area contributed by atoms with Gasteiger partial charge in [0.05, 0.1) is 13.0 Å². The fraction of sp³-hybridized carbons (Fsp3) is 0.583. The zero-order valence-electron chi connectivity index (χ0n) is 9.86. The lowest BCUT2D eigenvalue weighted by molar-refractivity contribution is 0.224. The van der Waals surface area contributed by atoms with Gasteiger partial charge in [-0.3, -0.25) is 0 Å². The fourth-order valence-electron chi connectivity index (χ4n) is 1.61. The van der Waals surface area contributed by atoms with Gasteiger partial charge in [0.2, 0.25) is 0 Å². The van der Waals surface area contributed by atoms with Gasteiger partial charge in [0.25, 0.3) is 0 Å². The Morgan fingerprint density at radius 1 is 1.33 bits per heavy atom. The number of allylic oxidation sites excluding steroid dienone is 2. The van der Waals surface area contributed by atoms with Crippen LogP contribution in [0.5, 0.6) is 0 Å². The van der Waals surface area contributed by atoms with Crippen LogP contribution in [-0.2, 0) is 4.74 Å². The van der Waals surface area contributed by atoms with Crippen LogP contribution in [0.2, 0.25) is 0 Å². The van der Waals surface area contributed by atoms with Gasteiger partial charge in [-0.1, -0.05) is 0 Å². The van der Waals surface area contributed by atoms with Crippen molar-refractivity contribution in [3.05, 3.63) is 24.1 Å². The van der Waals surface area contributed by atoms with Crippen molar-refractivity contribution in [3.8, 4) is 0 Å². The van der Waals surface area contributed by atoms with E-state index in [1.165, 1.54) is 0 Å². The maximum absolute atomic E-state index is 5.53. The van der Waals surface area contributed by atoms with Gasteiger partial charge < -0.3 is 9.64 Å². The molecule has 0 amide bonds. The molecule has 0 saturated carbocycles. The fourth-order valence-corrected chi connectivity index (χ4v) is 1.61. The quantitative estimate of drug-likeness (QED) is 0.709. The number of rotatable bonds is 4. The van der Waals surface area contributed by atoms with Crippen LogP contribution in [0.4, 0.5) is 0 Å². The summed E-state index contributed by atoms with van der Waals surface area (Å²) < 4.78 is 5.53. The van der Waals surface area contributed by atoms with Crippen molar-refractivity contribution >= 4 is 5.84 Å². The lowest BCUT2D eigenvalue weighted by Crippen LogP contribution is -2.30. The average molecular weight is 208 g/mol. The smallest absolute Gasteiger partial charge is 0.112 e. The van der Waals surface area contributed by atoms with E-state index in [4.69, 9.17) is 4.74 Å². The van der Waals surface area contributed by atoms with E-state index >= 15 is 0 Å². The third-order valence-corrected chi connectivity index (χ3v) is 2.38. The van der Waals surface area contributed by atoms with Crippen LogP contribution in [0, 0.1) is 0 Å². The summed E-state index contributed by atoms with van der Waals surface area (Å²) in [6.45, 7) is 8.98. The van der Waals surface area contributed by atoms with E-state index in [0.29, 0.717) is 6.61 Å². The highest BCUT2D eigenvalue weighted by molar-refractivity contribution is 5.85. The Hall–Kier alpha value is -1.25. The molecule has 0 aromatic carbocycles. The van der Waals surface area contributed by atoms with Gasteiger partial charge in [-0.05, 0) is 32.9 Å². The van der Waals surface area contributed by atoms with Crippen molar-refractivity contribution in [2.24, 2.45) is 4.99 Å². The van der Waals surface area contributed by atoms with Crippen molar-refractivity contribution in [3.63, 3.8) is 0 Å². The molecule has 3 nitrogen and oxygen atoms in total. The molecule has 0 radical (unpaired) electrons. The number of hydrogen-bond donors (Lipinski definition) is 0. The number of ether oxygens (including phenoxy) is 1. The zero-order chi connectivity index (χ0) is 11.1. The highest BCUT2D eigenvalue weighted by Gasteiger charge is 2.11. The molecule has 3 heteroatoms. The summed E-state index contributed by atoms with van der Waals surface area (Å²) in [7, 11) is 0. The Balaban J connectivity index is 2.71. The molecule has 84 valence electrons. The summed E-state index contributed by atoms with van der Waals surface area (Å²) in [5.41, 5.74) is 0. The average Bonchev–Trinajstić information content (AvgIpc) is 2.46. The van der Waals surface area contributed by atoms with E-state index in [2.05, 4.69) is 23.7 Å². The molecule has 0 saturated heterocycles. The monoisotopic (exact) mass is 208 g/mol. The number of aliphatic imine (C=N–C) groups is 1. The minimum absolute atomic E-state index is 0.713. The highest BCUT2D eigenvalue weighted by Crippen LogP contribution is 2.11. The first kappa shape index (κ1) is 11.8. The lowest BCUT2D eigenvalue weighted by Gasteiger charge is -2.22. The predicted octanol–water partition coefficient (Wildman–Crippen LogP) is 2.56. The van der Waals surface area contributed by atoms with Crippen molar-refractivity contribution < 1.29 is 4.74 Å².